The van der Waals surface area contributed by atoms with Crippen molar-refractivity contribution in [1.82, 2.24) is 4.98 Å². The van der Waals surface area contributed by atoms with Crippen LogP contribution in [0.1, 0.15) is 16.7 Å². The first-order chi connectivity index (χ1) is 9.63. The molecule has 3 rings (SSSR count). The number of nitrogens with zero attached hydrogens (tertiary/aromatic N) is 1. The van der Waals surface area contributed by atoms with E-state index in [2.05, 4.69) is 61.4 Å². The van der Waals surface area contributed by atoms with Crippen LogP contribution >= 0.6 is 0 Å². The fraction of sp³-hybridized carbons (Fsp3) is 0.167. The smallest absolute Gasteiger partial charge is 0.131 e. The number of nitrogens with one attached hydrogen (secondary N) is 1. The van der Waals surface area contributed by atoms with E-state index in [1.165, 1.54) is 22.1 Å². The van der Waals surface area contributed by atoms with Gasteiger partial charge in [0.2, 0.25) is 0 Å². The number of rotatable bonds is 2. The van der Waals surface area contributed by atoms with Gasteiger partial charge in [0.15, 0.2) is 0 Å². The van der Waals surface area contributed by atoms with Gasteiger partial charge in [-0.1, -0.05) is 24.3 Å². The maximum absolute atomic E-state index is 4.67. The van der Waals surface area contributed by atoms with Crippen LogP contribution in [0.4, 0.5) is 11.5 Å². The Morgan fingerprint density at radius 3 is 2.40 bits per heavy atom. The quantitative estimate of drug-likeness (QED) is 0.710. The van der Waals surface area contributed by atoms with Crippen LogP contribution in [-0.2, 0) is 0 Å². The molecule has 1 N–H and O–H groups in total. The first-order valence-electron chi connectivity index (χ1n) is 6.84. The van der Waals surface area contributed by atoms with Crippen molar-refractivity contribution in [3.05, 3.63) is 65.2 Å². The molecule has 0 unspecified atom stereocenters. The van der Waals surface area contributed by atoms with E-state index < -0.39 is 0 Å². The molecule has 0 saturated heterocycles. The summed E-state index contributed by atoms with van der Waals surface area (Å²) in [6, 6.07) is 16.7. The number of anilines is 2. The second-order valence-corrected chi connectivity index (χ2v) is 5.27. The van der Waals surface area contributed by atoms with Crippen LogP contribution in [0.25, 0.3) is 10.9 Å². The van der Waals surface area contributed by atoms with Crippen molar-refractivity contribution in [1.29, 1.82) is 0 Å². The summed E-state index contributed by atoms with van der Waals surface area (Å²) in [5.74, 6) is 0.893. The van der Waals surface area contributed by atoms with Gasteiger partial charge in [-0.25, -0.2) is 4.98 Å². The van der Waals surface area contributed by atoms with Crippen molar-refractivity contribution in [2.45, 2.75) is 20.8 Å². The predicted octanol–water partition coefficient (Wildman–Crippen LogP) is 4.90. The van der Waals surface area contributed by atoms with Gasteiger partial charge in [-0.05, 0) is 61.7 Å². The summed E-state index contributed by atoms with van der Waals surface area (Å²) in [4.78, 5) is 4.67. The Hall–Kier alpha value is -2.35. The summed E-state index contributed by atoms with van der Waals surface area (Å²) < 4.78 is 0. The molecular formula is C18H18N2. The van der Waals surface area contributed by atoms with Gasteiger partial charge in [-0.15, -0.1) is 0 Å². The first-order valence-corrected chi connectivity index (χ1v) is 6.84. The zero-order valence-corrected chi connectivity index (χ0v) is 12.1. The Morgan fingerprint density at radius 1 is 0.800 bits per heavy atom. The number of aromatic nitrogens is 1. The Balaban J connectivity index is 2.00. The molecule has 0 aliphatic heterocycles. The van der Waals surface area contributed by atoms with Crippen molar-refractivity contribution in [3.8, 4) is 0 Å². The molecule has 0 atom stereocenters. The van der Waals surface area contributed by atoms with E-state index in [0.717, 1.165) is 17.0 Å². The lowest BCUT2D eigenvalue weighted by atomic mass is 10.1. The SMILES string of the molecule is Cc1ccc(Nc2cc(C)c3ccccc3n2)cc1C. The average molecular weight is 262 g/mol. The molecule has 0 fully saturated rings. The van der Waals surface area contributed by atoms with E-state index in [9.17, 15) is 0 Å². The second kappa shape index (κ2) is 4.97. The van der Waals surface area contributed by atoms with Gasteiger partial charge >= 0.3 is 0 Å². The molecule has 1 aromatic heterocycles. The highest BCUT2D eigenvalue weighted by atomic mass is 15.0. The molecule has 1 heterocycles. The van der Waals surface area contributed by atoms with Crippen LogP contribution in [0, 0.1) is 20.8 Å². The number of aryl methyl sites for hydroxylation is 3. The fourth-order valence-corrected chi connectivity index (χ4v) is 2.38. The molecular weight excluding hydrogens is 244 g/mol. The van der Waals surface area contributed by atoms with E-state index in [1.54, 1.807) is 0 Å². The Morgan fingerprint density at radius 2 is 1.60 bits per heavy atom. The molecule has 2 nitrogen and oxygen atoms in total. The summed E-state index contributed by atoms with van der Waals surface area (Å²) in [6.45, 7) is 6.37. The number of hydrogen-bond acceptors (Lipinski definition) is 2. The third-order valence-corrected chi connectivity index (χ3v) is 3.70. The lowest BCUT2D eigenvalue weighted by molar-refractivity contribution is 1.31. The maximum Gasteiger partial charge on any atom is 0.131 e. The number of para-hydroxylation sites is 1. The number of fused-ring (bicyclic) bond motifs is 1. The van der Waals surface area contributed by atoms with Crippen molar-refractivity contribution >= 4 is 22.4 Å². The summed E-state index contributed by atoms with van der Waals surface area (Å²) >= 11 is 0. The summed E-state index contributed by atoms with van der Waals surface area (Å²) in [6.07, 6.45) is 0. The van der Waals surface area contributed by atoms with Crippen LogP contribution in [0.3, 0.4) is 0 Å². The Kier molecular flexibility index (Phi) is 3.15. The Labute approximate surface area is 119 Å². The molecule has 0 aliphatic rings. The van der Waals surface area contributed by atoms with Crippen molar-refractivity contribution in [2.24, 2.45) is 0 Å². The molecule has 20 heavy (non-hydrogen) atoms. The van der Waals surface area contributed by atoms with Crippen LogP contribution < -0.4 is 5.32 Å². The summed E-state index contributed by atoms with van der Waals surface area (Å²) in [7, 11) is 0. The van der Waals surface area contributed by atoms with E-state index in [4.69, 9.17) is 0 Å². The molecule has 3 aromatic rings. The van der Waals surface area contributed by atoms with E-state index in [1.807, 2.05) is 18.2 Å². The van der Waals surface area contributed by atoms with E-state index in [0.29, 0.717) is 0 Å². The summed E-state index contributed by atoms with van der Waals surface area (Å²) in [5, 5.41) is 4.60. The zero-order valence-electron chi connectivity index (χ0n) is 12.1. The van der Waals surface area contributed by atoms with Gasteiger partial charge in [0, 0.05) is 11.1 Å². The third kappa shape index (κ3) is 2.37. The lowest BCUT2D eigenvalue weighted by Crippen LogP contribution is -1.96. The largest absolute Gasteiger partial charge is 0.340 e. The highest BCUT2D eigenvalue weighted by Gasteiger charge is 2.03. The minimum atomic E-state index is 0.893. The van der Waals surface area contributed by atoms with Gasteiger partial charge < -0.3 is 5.32 Å². The standard InChI is InChI=1S/C18H18N2/c1-12-8-9-15(10-13(12)2)19-18-11-14(3)16-6-4-5-7-17(16)20-18/h4-11H,1-3H3,(H,19,20). The average Bonchev–Trinajstić information content (AvgIpc) is 2.43. The molecule has 0 spiro atoms. The maximum atomic E-state index is 4.67. The van der Waals surface area contributed by atoms with Gasteiger partial charge in [0.1, 0.15) is 5.82 Å². The minimum absolute atomic E-state index is 0.893. The molecule has 100 valence electrons. The van der Waals surface area contributed by atoms with Gasteiger partial charge in [-0.3, -0.25) is 0 Å². The molecule has 2 aromatic carbocycles. The van der Waals surface area contributed by atoms with Gasteiger partial charge in [0.25, 0.3) is 0 Å². The minimum Gasteiger partial charge on any atom is -0.340 e. The molecule has 0 aliphatic carbocycles. The monoisotopic (exact) mass is 262 g/mol. The van der Waals surface area contributed by atoms with Crippen LogP contribution in [-0.4, -0.2) is 4.98 Å². The molecule has 0 saturated carbocycles. The van der Waals surface area contributed by atoms with Gasteiger partial charge in [-0.2, -0.15) is 0 Å². The number of hydrogen-bond donors (Lipinski definition) is 1. The molecule has 0 amide bonds. The van der Waals surface area contributed by atoms with Crippen molar-refractivity contribution in [2.75, 3.05) is 5.32 Å². The highest BCUT2D eigenvalue weighted by molar-refractivity contribution is 5.84. The van der Waals surface area contributed by atoms with Gasteiger partial charge in [0.05, 0.1) is 5.52 Å². The van der Waals surface area contributed by atoms with Crippen LogP contribution in [0.15, 0.2) is 48.5 Å². The lowest BCUT2D eigenvalue weighted by Gasteiger charge is -2.10. The number of benzene rings is 2. The van der Waals surface area contributed by atoms with Crippen LogP contribution in [0.5, 0.6) is 0 Å². The van der Waals surface area contributed by atoms with E-state index in [-0.39, 0.29) is 0 Å². The normalized spacial score (nSPS) is 10.8. The van der Waals surface area contributed by atoms with Crippen molar-refractivity contribution in [3.63, 3.8) is 0 Å². The molecule has 0 radical (unpaired) electrons. The second-order valence-electron chi connectivity index (χ2n) is 5.27. The first kappa shape index (κ1) is 12.7. The fourth-order valence-electron chi connectivity index (χ4n) is 2.38. The van der Waals surface area contributed by atoms with Crippen molar-refractivity contribution < 1.29 is 0 Å². The van der Waals surface area contributed by atoms with E-state index >= 15 is 0 Å². The highest BCUT2D eigenvalue weighted by Crippen LogP contribution is 2.23. The Bertz CT molecular complexity index is 775. The predicted molar refractivity (Wildman–Crippen MR) is 85.7 cm³/mol. The molecule has 0 bridgehead atoms. The zero-order chi connectivity index (χ0) is 14.1. The molecule has 2 heteroatoms. The third-order valence-electron chi connectivity index (χ3n) is 3.70. The van der Waals surface area contributed by atoms with Crippen LogP contribution in [0.2, 0.25) is 0 Å². The summed E-state index contributed by atoms with van der Waals surface area (Å²) in [5.41, 5.74) is 5.93. The number of pyridine rings is 1. The topological polar surface area (TPSA) is 24.9 Å².